The zero-order valence-electron chi connectivity index (χ0n) is 14.3. The van der Waals surface area contributed by atoms with Crippen LogP contribution in [-0.4, -0.2) is 24.4 Å². The minimum absolute atomic E-state index is 0.171. The molecule has 2 aliphatic rings. The molecule has 2 aromatic carbocycles. The van der Waals surface area contributed by atoms with Crippen molar-refractivity contribution in [2.75, 3.05) is 6.54 Å². The van der Waals surface area contributed by atoms with Crippen molar-refractivity contribution >= 4 is 7.05 Å². The first-order chi connectivity index (χ1) is 11.1. The molecule has 118 valence electrons. The lowest BCUT2D eigenvalue weighted by Gasteiger charge is -2.36. The van der Waals surface area contributed by atoms with Crippen LogP contribution in [0.3, 0.4) is 0 Å². The highest BCUT2D eigenvalue weighted by molar-refractivity contribution is 6.48. The third-order valence-electron chi connectivity index (χ3n) is 5.55. The Morgan fingerprint density at radius 2 is 1.48 bits per heavy atom. The van der Waals surface area contributed by atoms with Gasteiger partial charge in [0.05, 0.1) is 0 Å². The van der Waals surface area contributed by atoms with Crippen molar-refractivity contribution in [1.29, 1.82) is 0 Å². The smallest absolute Gasteiger partial charge is 0.380 e. The van der Waals surface area contributed by atoms with E-state index in [1.165, 1.54) is 35.1 Å². The number of nitrogens with zero attached hydrogens (tertiary/aromatic N) is 1. The molecule has 2 aromatic rings. The van der Waals surface area contributed by atoms with Crippen LogP contribution in [0.25, 0.3) is 0 Å². The van der Waals surface area contributed by atoms with Crippen LogP contribution in [0.2, 0.25) is 6.82 Å². The van der Waals surface area contributed by atoms with E-state index in [2.05, 4.69) is 74.0 Å². The van der Waals surface area contributed by atoms with Gasteiger partial charge in [-0.05, 0) is 51.2 Å². The number of rotatable bonds is 2. The highest BCUT2D eigenvalue weighted by Gasteiger charge is 2.56. The Hall–Kier alpha value is -1.58. The van der Waals surface area contributed by atoms with Crippen LogP contribution in [0, 0.1) is 13.8 Å². The molecule has 2 nitrogen and oxygen atoms in total. The molecule has 2 saturated heterocycles. The predicted octanol–water partition coefficient (Wildman–Crippen LogP) is 4.16. The summed E-state index contributed by atoms with van der Waals surface area (Å²) in [6, 6.07) is 18.3. The van der Waals surface area contributed by atoms with Gasteiger partial charge in [-0.1, -0.05) is 59.7 Å². The topological polar surface area (TPSA) is 12.5 Å². The van der Waals surface area contributed by atoms with Gasteiger partial charge in [0.25, 0.3) is 0 Å². The Morgan fingerprint density at radius 1 is 0.957 bits per heavy atom. The lowest BCUT2D eigenvalue weighted by molar-refractivity contribution is 0.106. The second-order valence-corrected chi connectivity index (χ2v) is 7.08. The largest absolute Gasteiger partial charge is 0.406 e. The van der Waals surface area contributed by atoms with E-state index in [0.29, 0.717) is 6.04 Å². The molecule has 3 heteroatoms. The van der Waals surface area contributed by atoms with Gasteiger partial charge in [0, 0.05) is 6.04 Å². The molecule has 0 bridgehead atoms. The van der Waals surface area contributed by atoms with E-state index < -0.39 is 0 Å². The van der Waals surface area contributed by atoms with E-state index in [9.17, 15) is 0 Å². The maximum atomic E-state index is 6.69. The Balaban J connectivity index is 1.90. The molecule has 2 aliphatic heterocycles. The molecule has 0 amide bonds. The Morgan fingerprint density at radius 3 is 2.00 bits per heavy atom. The summed E-state index contributed by atoms with van der Waals surface area (Å²) in [5.41, 5.74) is 4.82. The zero-order chi connectivity index (χ0) is 16.0. The molecule has 0 radical (unpaired) electrons. The Kier molecular flexibility index (Phi) is 3.58. The van der Waals surface area contributed by atoms with Crippen molar-refractivity contribution in [3.63, 3.8) is 0 Å². The molecule has 0 saturated carbocycles. The third kappa shape index (κ3) is 2.26. The predicted molar refractivity (Wildman–Crippen MR) is 95.6 cm³/mol. The molecule has 1 unspecified atom stereocenters. The van der Waals surface area contributed by atoms with Crippen LogP contribution in [0.4, 0.5) is 0 Å². The van der Waals surface area contributed by atoms with Gasteiger partial charge < -0.3 is 9.47 Å². The molecule has 0 aromatic heterocycles. The van der Waals surface area contributed by atoms with Gasteiger partial charge in [-0.2, -0.15) is 0 Å². The van der Waals surface area contributed by atoms with Gasteiger partial charge in [-0.3, -0.25) is 0 Å². The van der Waals surface area contributed by atoms with Crippen LogP contribution in [0.15, 0.2) is 48.5 Å². The van der Waals surface area contributed by atoms with Crippen molar-refractivity contribution in [3.8, 4) is 0 Å². The molecule has 23 heavy (non-hydrogen) atoms. The fraction of sp³-hybridized carbons (Fsp3) is 0.400. The first-order valence-electron chi connectivity index (χ1n) is 8.69. The van der Waals surface area contributed by atoms with Crippen molar-refractivity contribution in [2.24, 2.45) is 0 Å². The number of hydrogen-bond donors (Lipinski definition) is 0. The van der Waals surface area contributed by atoms with E-state index in [1.807, 2.05) is 0 Å². The maximum Gasteiger partial charge on any atom is 0.380 e. The number of fused-ring (bicyclic) bond motifs is 1. The van der Waals surface area contributed by atoms with Crippen LogP contribution >= 0.6 is 0 Å². The van der Waals surface area contributed by atoms with E-state index >= 15 is 0 Å². The van der Waals surface area contributed by atoms with Gasteiger partial charge in [-0.25, -0.2) is 0 Å². The number of hydrogen-bond acceptors (Lipinski definition) is 2. The number of benzene rings is 2. The Labute approximate surface area is 139 Å². The summed E-state index contributed by atoms with van der Waals surface area (Å²) in [6.07, 6.45) is 2.46. The summed E-state index contributed by atoms with van der Waals surface area (Å²) in [6.45, 7) is 7.62. The normalized spacial score (nSPS) is 23.3. The summed E-state index contributed by atoms with van der Waals surface area (Å²) < 4.78 is 6.69. The van der Waals surface area contributed by atoms with Crippen molar-refractivity contribution in [2.45, 2.75) is 45.2 Å². The van der Waals surface area contributed by atoms with Gasteiger partial charge in [0.1, 0.15) is 5.60 Å². The molecule has 0 spiro atoms. The SMILES string of the molecule is CB1OC(c2ccc(C)cc2)(c2ccc(C)cc2)C2CCCN12. The van der Waals surface area contributed by atoms with Crippen LogP contribution < -0.4 is 0 Å². The minimum Gasteiger partial charge on any atom is -0.406 e. The van der Waals surface area contributed by atoms with E-state index in [0.717, 1.165) is 6.54 Å². The molecule has 1 atom stereocenters. The first-order valence-corrected chi connectivity index (χ1v) is 8.69. The van der Waals surface area contributed by atoms with E-state index in [1.54, 1.807) is 0 Å². The molecule has 0 N–H and O–H groups in total. The van der Waals surface area contributed by atoms with Crippen molar-refractivity contribution in [3.05, 3.63) is 70.8 Å². The standard InChI is InChI=1S/C20H24BNO/c1-15-6-10-17(11-7-15)20(18-12-8-16(2)9-13-18)19-5-4-14-22(19)21(3)23-20/h6-13,19H,4-5,14H2,1-3H3. The van der Waals surface area contributed by atoms with Crippen molar-refractivity contribution in [1.82, 2.24) is 4.81 Å². The maximum absolute atomic E-state index is 6.69. The van der Waals surface area contributed by atoms with Gasteiger partial charge in [0.15, 0.2) is 0 Å². The summed E-state index contributed by atoms with van der Waals surface area (Å²) >= 11 is 0. The molecule has 4 rings (SSSR count). The lowest BCUT2D eigenvalue weighted by Crippen LogP contribution is -2.41. The lowest BCUT2D eigenvalue weighted by atomic mass is 9.79. The monoisotopic (exact) mass is 305 g/mol. The fourth-order valence-electron chi connectivity index (χ4n) is 4.37. The quantitative estimate of drug-likeness (QED) is 0.773. The fourth-order valence-corrected chi connectivity index (χ4v) is 4.37. The summed E-state index contributed by atoms with van der Waals surface area (Å²) in [4.78, 5) is 2.54. The summed E-state index contributed by atoms with van der Waals surface area (Å²) in [5, 5.41) is 0. The molecule has 2 heterocycles. The molecule has 0 aliphatic carbocycles. The summed E-state index contributed by atoms with van der Waals surface area (Å²) in [5.74, 6) is 0. The average molecular weight is 305 g/mol. The third-order valence-corrected chi connectivity index (χ3v) is 5.55. The molecule has 2 fully saturated rings. The first kappa shape index (κ1) is 15.0. The van der Waals surface area contributed by atoms with Crippen LogP contribution in [0.1, 0.15) is 35.1 Å². The van der Waals surface area contributed by atoms with Gasteiger partial charge in [-0.15, -0.1) is 0 Å². The second kappa shape index (κ2) is 5.50. The highest BCUT2D eigenvalue weighted by Crippen LogP contribution is 2.48. The van der Waals surface area contributed by atoms with Crippen LogP contribution in [-0.2, 0) is 10.3 Å². The van der Waals surface area contributed by atoms with Gasteiger partial charge in [0.2, 0.25) is 0 Å². The highest BCUT2D eigenvalue weighted by atomic mass is 16.5. The molecular formula is C20H24BNO. The van der Waals surface area contributed by atoms with E-state index in [-0.39, 0.29) is 12.7 Å². The second-order valence-electron chi connectivity index (χ2n) is 7.08. The average Bonchev–Trinajstić information content (AvgIpc) is 3.13. The summed E-state index contributed by atoms with van der Waals surface area (Å²) in [7, 11) is 0.171. The number of aryl methyl sites for hydroxylation is 2. The minimum atomic E-state index is -0.336. The van der Waals surface area contributed by atoms with Crippen LogP contribution in [0.5, 0.6) is 0 Å². The van der Waals surface area contributed by atoms with Crippen molar-refractivity contribution < 1.29 is 4.65 Å². The Bertz CT molecular complexity index is 649. The van der Waals surface area contributed by atoms with Gasteiger partial charge >= 0.3 is 7.05 Å². The zero-order valence-corrected chi connectivity index (χ0v) is 14.3. The van der Waals surface area contributed by atoms with E-state index in [4.69, 9.17) is 4.65 Å². The molecular weight excluding hydrogens is 281 g/mol.